The van der Waals surface area contributed by atoms with Crippen LogP contribution in [-0.4, -0.2) is 41.3 Å². The molecule has 1 aliphatic rings. The summed E-state index contributed by atoms with van der Waals surface area (Å²) in [5.74, 6) is -0.918. The lowest BCUT2D eigenvalue weighted by Crippen LogP contribution is -2.44. The average molecular weight is 304 g/mol. The van der Waals surface area contributed by atoms with Gasteiger partial charge >= 0.3 is 6.18 Å². The summed E-state index contributed by atoms with van der Waals surface area (Å²) in [5.41, 5.74) is 0. The molecular formula is C13H19F3N4O. The van der Waals surface area contributed by atoms with E-state index >= 15 is 0 Å². The number of hydrogen-bond acceptors (Lipinski definition) is 5. The van der Waals surface area contributed by atoms with Gasteiger partial charge in [-0.1, -0.05) is 12.8 Å². The molecular weight excluding hydrogens is 285 g/mol. The number of anilines is 2. The Balaban J connectivity index is 2.33. The van der Waals surface area contributed by atoms with E-state index in [0.29, 0.717) is 6.42 Å². The van der Waals surface area contributed by atoms with Gasteiger partial charge in [0.1, 0.15) is 11.6 Å². The van der Waals surface area contributed by atoms with Gasteiger partial charge in [0.15, 0.2) is 0 Å². The monoisotopic (exact) mass is 304 g/mol. The van der Waals surface area contributed by atoms with Crippen molar-refractivity contribution in [3.8, 4) is 0 Å². The minimum absolute atomic E-state index is 0.101. The zero-order chi connectivity index (χ0) is 15.6. The average Bonchev–Trinajstić information content (AvgIpc) is 2.45. The zero-order valence-corrected chi connectivity index (χ0v) is 12.0. The third-order valence-corrected chi connectivity index (χ3v) is 3.78. The van der Waals surface area contributed by atoms with Gasteiger partial charge < -0.3 is 15.3 Å². The van der Waals surface area contributed by atoms with Gasteiger partial charge in [0.25, 0.3) is 0 Å². The second-order valence-electron chi connectivity index (χ2n) is 5.21. The quantitative estimate of drug-likeness (QED) is 0.897. The van der Waals surface area contributed by atoms with Crippen LogP contribution in [-0.2, 0) is 6.18 Å². The Labute approximate surface area is 121 Å². The smallest absolute Gasteiger partial charge is 0.391 e. The number of aliphatic hydroxyl groups is 1. The molecule has 2 atom stereocenters. The SMILES string of the molecule is CNc1cc(N(C)C2CCCCC2O)nc(C(F)(F)F)n1. The number of nitrogens with zero attached hydrogens (tertiary/aromatic N) is 3. The van der Waals surface area contributed by atoms with E-state index in [4.69, 9.17) is 0 Å². The maximum Gasteiger partial charge on any atom is 0.451 e. The Morgan fingerprint density at radius 3 is 2.52 bits per heavy atom. The van der Waals surface area contributed by atoms with Gasteiger partial charge in [0.05, 0.1) is 12.1 Å². The number of halogens is 3. The van der Waals surface area contributed by atoms with Crippen LogP contribution < -0.4 is 10.2 Å². The molecule has 2 N–H and O–H groups in total. The first kappa shape index (κ1) is 15.8. The highest BCUT2D eigenvalue weighted by atomic mass is 19.4. The maximum absolute atomic E-state index is 12.8. The molecule has 0 radical (unpaired) electrons. The van der Waals surface area contributed by atoms with E-state index in [0.717, 1.165) is 19.3 Å². The predicted molar refractivity (Wildman–Crippen MR) is 73.2 cm³/mol. The third kappa shape index (κ3) is 3.55. The van der Waals surface area contributed by atoms with E-state index in [1.807, 2.05) is 0 Å². The molecule has 1 fully saturated rings. The summed E-state index contributed by atoms with van der Waals surface area (Å²) in [5, 5.41) is 12.6. The molecule has 1 saturated carbocycles. The van der Waals surface area contributed by atoms with Crippen LogP contribution in [0.5, 0.6) is 0 Å². The van der Waals surface area contributed by atoms with Crippen molar-refractivity contribution in [3.63, 3.8) is 0 Å². The first-order valence-electron chi connectivity index (χ1n) is 6.88. The highest BCUT2D eigenvalue weighted by Gasteiger charge is 2.36. The fourth-order valence-electron chi connectivity index (χ4n) is 2.58. The van der Waals surface area contributed by atoms with E-state index in [1.54, 1.807) is 11.9 Å². The van der Waals surface area contributed by atoms with Gasteiger partial charge in [-0.25, -0.2) is 9.97 Å². The molecule has 118 valence electrons. The summed E-state index contributed by atoms with van der Waals surface area (Å²) in [6.07, 6.45) is -1.88. The van der Waals surface area contributed by atoms with Crippen LogP contribution >= 0.6 is 0 Å². The number of aliphatic hydroxyl groups excluding tert-OH is 1. The van der Waals surface area contributed by atoms with E-state index in [9.17, 15) is 18.3 Å². The van der Waals surface area contributed by atoms with Crippen molar-refractivity contribution in [1.29, 1.82) is 0 Å². The summed E-state index contributed by atoms with van der Waals surface area (Å²) in [6, 6.07) is 1.23. The molecule has 5 nitrogen and oxygen atoms in total. The molecule has 21 heavy (non-hydrogen) atoms. The summed E-state index contributed by atoms with van der Waals surface area (Å²) in [6.45, 7) is 0. The molecule has 1 aromatic rings. The number of rotatable bonds is 3. The largest absolute Gasteiger partial charge is 0.451 e. The number of likely N-dealkylation sites (N-methyl/N-ethyl adjacent to an activating group) is 1. The fraction of sp³-hybridized carbons (Fsp3) is 0.692. The van der Waals surface area contributed by atoms with Crippen molar-refractivity contribution in [2.75, 3.05) is 24.3 Å². The van der Waals surface area contributed by atoms with Gasteiger partial charge in [-0.3, -0.25) is 0 Å². The second-order valence-corrected chi connectivity index (χ2v) is 5.21. The molecule has 2 unspecified atom stereocenters. The van der Waals surface area contributed by atoms with Crippen molar-refractivity contribution < 1.29 is 18.3 Å². The van der Waals surface area contributed by atoms with Gasteiger partial charge in [-0.15, -0.1) is 0 Å². The van der Waals surface area contributed by atoms with Crippen LogP contribution in [0.25, 0.3) is 0 Å². The second kappa shape index (κ2) is 6.05. The first-order valence-corrected chi connectivity index (χ1v) is 6.88. The van der Waals surface area contributed by atoms with Gasteiger partial charge in [-0.05, 0) is 12.8 Å². The van der Waals surface area contributed by atoms with Crippen LogP contribution in [0.2, 0.25) is 0 Å². The zero-order valence-electron chi connectivity index (χ0n) is 12.0. The number of hydrogen-bond donors (Lipinski definition) is 2. The van der Waals surface area contributed by atoms with Crippen LogP contribution in [0.4, 0.5) is 24.8 Å². The van der Waals surface area contributed by atoms with Crippen molar-refractivity contribution in [1.82, 2.24) is 9.97 Å². The van der Waals surface area contributed by atoms with Gasteiger partial charge in [0.2, 0.25) is 5.82 Å². The maximum atomic E-state index is 12.8. The number of aromatic nitrogens is 2. The summed E-state index contributed by atoms with van der Waals surface area (Å²) in [7, 11) is 3.16. The lowest BCUT2D eigenvalue weighted by molar-refractivity contribution is -0.144. The number of nitrogens with one attached hydrogen (secondary N) is 1. The highest BCUT2D eigenvalue weighted by Crippen LogP contribution is 2.31. The van der Waals surface area contributed by atoms with Crippen molar-refractivity contribution in [2.24, 2.45) is 0 Å². The normalized spacial score (nSPS) is 23.0. The molecule has 0 bridgehead atoms. The van der Waals surface area contributed by atoms with Crippen molar-refractivity contribution >= 4 is 11.6 Å². The fourth-order valence-corrected chi connectivity index (χ4v) is 2.58. The van der Waals surface area contributed by atoms with Crippen molar-refractivity contribution in [2.45, 2.75) is 44.0 Å². The Morgan fingerprint density at radius 2 is 1.95 bits per heavy atom. The third-order valence-electron chi connectivity index (χ3n) is 3.78. The summed E-state index contributed by atoms with van der Waals surface area (Å²) < 4.78 is 38.5. The van der Waals surface area contributed by atoms with Crippen LogP contribution in [0.1, 0.15) is 31.5 Å². The molecule has 0 amide bonds. The minimum atomic E-state index is -4.60. The molecule has 0 spiro atoms. The van der Waals surface area contributed by atoms with E-state index in [2.05, 4.69) is 15.3 Å². The van der Waals surface area contributed by atoms with Crippen LogP contribution in [0.3, 0.4) is 0 Å². The molecule has 1 aliphatic carbocycles. The summed E-state index contributed by atoms with van der Waals surface area (Å²) in [4.78, 5) is 8.65. The molecule has 1 aromatic heterocycles. The van der Waals surface area contributed by atoms with E-state index in [1.165, 1.54) is 13.1 Å². The first-order chi connectivity index (χ1) is 9.82. The standard InChI is InChI=1S/C13H19F3N4O/c1-17-10-7-11(19-12(18-10)13(14,15)16)20(2)8-5-3-4-6-9(8)21/h7-9,21H,3-6H2,1-2H3,(H,17,18,19). The van der Waals surface area contributed by atoms with Crippen molar-refractivity contribution in [3.05, 3.63) is 11.9 Å². The Kier molecular flexibility index (Phi) is 4.55. The van der Waals surface area contributed by atoms with E-state index < -0.39 is 18.1 Å². The summed E-state index contributed by atoms with van der Waals surface area (Å²) >= 11 is 0. The lowest BCUT2D eigenvalue weighted by Gasteiger charge is -2.36. The molecule has 2 rings (SSSR count). The molecule has 0 aliphatic heterocycles. The Bertz CT molecular complexity index is 495. The highest BCUT2D eigenvalue weighted by molar-refractivity contribution is 5.49. The number of alkyl halides is 3. The van der Waals surface area contributed by atoms with Gasteiger partial charge in [-0.2, -0.15) is 13.2 Å². The van der Waals surface area contributed by atoms with Crippen LogP contribution in [0, 0.1) is 0 Å². The predicted octanol–water partition coefficient (Wildman–Crippen LogP) is 2.28. The van der Waals surface area contributed by atoms with Gasteiger partial charge in [0, 0.05) is 20.2 Å². The molecule has 8 heteroatoms. The van der Waals surface area contributed by atoms with E-state index in [-0.39, 0.29) is 17.7 Å². The molecule has 0 aromatic carbocycles. The Morgan fingerprint density at radius 1 is 1.29 bits per heavy atom. The minimum Gasteiger partial charge on any atom is -0.391 e. The lowest BCUT2D eigenvalue weighted by atomic mass is 9.91. The Hall–Kier alpha value is -1.57. The molecule has 0 saturated heterocycles. The topological polar surface area (TPSA) is 61.3 Å². The molecule has 1 heterocycles. The van der Waals surface area contributed by atoms with Crippen LogP contribution in [0.15, 0.2) is 6.07 Å².